The number of rotatable bonds is 5. The van der Waals surface area contributed by atoms with Gasteiger partial charge in [-0.3, -0.25) is 0 Å². The van der Waals surface area contributed by atoms with Gasteiger partial charge >= 0.3 is 0 Å². The highest BCUT2D eigenvalue weighted by molar-refractivity contribution is 6.38. The van der Waals surface area contributed by atoms with Gasteiger partial charge in [0, 0.05) is 13.1 Å². The van der Waals surface area contributed by atoms with Crippen molar-refractivity contribution in [1.82, 2.24) is 5.32 Å². The lowest BCUT2D eigenvalue weighted by atomic mass is 9.90. The van der Waals surface area contributed by atoms with E-state index < -0.39 is 0 Å². The molecule has 4 heteroatoms. The molecule has 0 aliphatic rings. The lowest BCUT2D eigenvalue weighted by Gasteiger charge is -2.23. The SMILES string of the molecule is CCC(C)(C)CNCc1cc(Cl)c(N)c(Cl)c1. The molecule has 0 saturated carbocycles. The van der Waals surface area contributed by atoms with Crippen LogP contribution in [-0.4, -0.2) is 6.54 Å². The summed E-state index contributed by atoms with van der Waals surface area (Å²) in [5, 5.41) is 4.44. The third kappa shape index (κ3) is 4.38. The summed E-state index contributed by atoms with van der Waals surface area (Å²) in [6.07, 6.45) is 1.14. The van der Waals surface area contributed by atoms with Crippen molar-refractivity contribution in [1.29, 1.82) is 0 Å². The Hall–Kier alpha value is -0.440. The van der Waals surface area contributed by atoms with Gasteiger partial charge in [0.1, 0.15) is 0 Å². The Kier molecular flexibility index (Phi) is 5.11. The molecule has 0 aromatic heterocycles. The molecule has 1 rings (SSSR count). The Morgan fingerprint density at radius 1 is 1.24 bits per heavy atom. The third-order valence-corrected chi connectivity index (χ3v) is 3.65. The molecule has 0 heterocycles. The van der Waals surface area contributed by atoms with Crippen molar-refractivity contribution in [2.24, 2.45) is 5.41 Å². The molecular formula is C13H20Cl2N2. The van der Waals surface area contributed by atoms with Crippen molar-refractivity contribution >= 4 is 28.9 Å². The molecule has 96 valence electrons. The second-order valence-corrected chi connectivity index (χ2v) is 5.91. The molecule has 2 nitrogen and oxygen atoms in total. The van der Waals surface area contributed by atoms with Gasteiger partial charge in [-0.15, -0.1) is 0 Å². The normalized spacial score (nSPS) is 11.8. The molecule has 1 aromatic carbocycles. The number of benzene rings is 1. The van der Waals surface area contributed by atoms with Crippen LogP contribution in [0.4, 0.5) is 5.69 Å². The van der Waals surface area contributed by atoms with Crippen LogP contribution in [0.3, 0.4) is 0 Å². The number of nitrogens with two attached hydrogens (primary N) is 1. The van der Waals surface area contributed by atoms with Gasteiger partial charge in [-0.25, -0.2) is 0 Å². The number of halogens is 2. The van der Waals surface area contributed by atoms with Gasteiger partial charge in [-0.1, -0.05) is 44.0 Å². The van der Waals surface area contributed by atoms with Gasteiger partial charge in [0.05, 0.1) is 15.7 Å². The molecule has 17 heavy (non-hydrogen) atoms. The molecule has 0 bridgehead atoms. The van der Waals surface area contributed by atoms with E-state index in [1.165, 1.54) is 0 Å². The van der Waals surface area contributed by atoms with Gasteiger partial charge in [0.2, 0.25) is 0 Å². The number of nitrogen functional groups attached to an aromatic ring is 1. The van der Waals surface area contributed by atoms with Crippen molar-refractivity contribution in [3.63, 3.8) is 0 Å². The number of nitrogens with one attached hydrogen (secondary N) is 1. The third-order valence-electron chi connectivity index (χ3n) is 3.03. The number of hydrogen-bond acceptors (Lipinski definition) is 2. The highest BCUT2D eigenvalue weighted by Gasteiger charge is 2.14. The minimum atomic E-state index is 0.307. The first-order chi connectivity index (χ1) is 7.85. The summed E-state index contributed by atoms with van der Waals surface area (Å²) in [7, 11) is 0. The zero-order chi connectivity index (χ0) is 13.1. The van der Waals surface area contributed by atoms with Crippen LogP contribution in [0.25, 0.3) is 0 Å². The number of anilines is 1. The first kappa shape index (κ1) is 14.6. The summed E-state index contributed by atoms with van der Waals surface area (Å²) in [5.74, 6) is 0. The van der Waals surface area contributed by atoms with Gasteiger partial charge in [-0.2, -0.15) is 0 Å². The van der Waals surface area contributed by atoms with Crippen molar-refractivity contribution < 1.29 is 0 Å². The van der Waals surface area contributed by atoms with Gasteiger partial charge < -0.3 is 11.1 Å². The van der Waals surface area contributed by atoms with E-state index in [1.54, 1.807) is 0 Å². The first-order valence-electron chi connectivity index (χ1n) is 5.80. The molecule has 0 unspecified atom stereocenters. The van der Waals surface area contributed by atoms with Crippen LogP contribution in [-0.2, 0) is 6.54 Å². The Bertz CT molecular complexity index is 366. The zero-order valence-corrected chi connectivity index (χ0v) is 12.1. The monoisotopic (exact) mass is 274 g/mol. The van der Waals surface area contributed by atoms with Crippen molar-refractivity contribution in [2.75, 3.05) is 12.3 Å². The summed E-state index contributed by atoms with van der Waals surface area (Å²) >= 11 is 12.0. The van der Waals surface area contributed by atoms with E-state index in [4.69, 9.17) is 28.9 Å². The minimum absolute atomic E-state index is 0.307. The lowest BCUT2D eigenvalue weighted by Crippen LogP contribution is -2.28. The van der Waals surface area contributed by atoms with E-state index in [9.17, 15) is 0 Å². The van der Waals surface area contributed by atoms with Gasteiger partial charge in [0.25, 0.3) is 0 Å². The summed E-state index contributed by atoms with van der Waals surface area (Å²) in [6.45, 7) is 8.39. The van der Waals surface area contributed by atoms with E-state index in [0.717, 1.165) is 25.1 Å². The maximum atomic E-state index is 5.98. The van der Waals surface area contributed by atoms with Crippen LogP contribution in [0.5, 0.6) is 0 Å². The molecule has 0 atom stereocenters. The lowest BCUT2D eigenvalue weighted by molar-refractivity contribution is 0.327. The highest BCUT2D eigenvalue weighted by Crippen LogP contribution is 2.28. The summed E-state index contributed by atoms with van der Waals surface area (Å²) < 4.78 is 0. The molecular weight excluding hydrogens is 255 g/mol. The quantitative estimate of drug-likeness (QED) is 0.794. The molecule has 0 aliphatic heterocycles. The molecule has 1 aromatic rings. The molecule has 0 saturated heterocycles. The van der Waals surface area contributed by atoms with E-state index in [0.29, 0.717) is 21.1 Å². The van der Waals surface area contributed by atoms with Crippen LogP contribution in [0, 0.1) is 5.41 Å². The first-order valence-corrected chi connectivity index (χ1v) is 6.55. The summed E-state index contributed by atoms with van der Waals surface area (Å²) in [4.78, 5) is 0. The van der Waals surface area contributed by atoms with Crippen LogP contribution in [0.2, 0.25) is 10.0 Å². The predicted octanol–water partition coefficient (Wildman–Crippen LogP) is 4.10. The van der Waals surface area contributed by atoms with Crippen molar-refractivity contribution in [3.05, 3.63) is 27.7 Å². The predicted molar refractivity (Wildman–Crippen MR) is 76.7 cm³/mol. The van der Waals surface area contributed by atoms with E-state index in [2.05, 4.69) is 26.1 Å². The minimum Gasteiger partial charge on any atom is -0.396 e. The maximum Gasteiger partial charge on any atom is 0.0693 e. The van der Waals surface area contributed by atoms with Crippen LogP contribution >= 0.6 is 23.2 Å². The molecule has 0 fully saturated rings. The van der Waals surface area contributed by atoms with Gasteiger partial charge in [0.15, 0.2) is 0 Å². The molecule has 0 radical (unpaired) electrons. The van der Waals surface area contributed by atoms with E-state index in [1.807, 2.05) is 12.1 Å². The Labute approximate surface area is 113 Å². The second kappa shape index (κ2) is 5.94. The fourth-order valence-corrected chi connectivity index (χ4v) is 1.94. The largest absolute Gasteiger partial charge is 0.396 e. The van der Waals surface area contributed by atoms with Crippen molar-refractivity contribution in [2.45, 2.75) is 33.7 Å². The van der Waals surface area contributed by atoms with Crippen molar-refractivity contribution in [3.8, 4) is 0 Å². The standard InChI is InChI=1S/C13H20Cl2N2/c1-4-13(2,3)8-17-7-9-5-10(14)12(16)11(15)6-9/h5-6,17H,4,7-8,16H2,1-3H3. The van der Waals surface area contributed by atoms with Gasteiger partial charge in [-0.05, 0) is 29.5 Å². The highest BCUT2D eigenvalue weighted by atomic mass is 35.5. The topological polar surface area (TPSA) is 38.0 Å². The average Bonchev–Trinajstić information content (AvgIpc) is 2.25. The van der Waals surface area contributed by atoms with Crippen LogP contribution < -0.4 is 11.1 Å². The van der Waals surface area contributed by atoms with E-state index >= 15 is 0 Å². The zero-order valence-electron chi connectivity index (χ0n) is 10.6. The maximum absolute atomic E-state index is 5.98. The fourth-order valence-electron chi connectivity index (χ4n) is 1.41. The summed E-state index contributed by atoms with van der Waals surface area (Å²) in [5.41, 5.74) is 7.50. The molecule has 0 amide bonds. The molecule has 3 N–H and O–H groups in total. The number of hydrogen-bond donors (Lipinski definition) is 2. The average molecular weight is 275 g/mol. The fraction of sp³-hybridized carbons (Fsp3) is 0.538. The van der Waals surface area contributed by atoms with Crippen LogP contribution in [0.15, 0.2) is 12.1 Å². The Morgan fingerprint density at radius 2 is 1.76 bits per heavy atom. The summed E-state index contributed by atoms with van der Waals surface area (Å²) in [6, 6.07) is 3.71. The van der Waals surface area contributed by atoms with E-state index in [-0.39, 0.29) is 0 Å². The molecule has 0 aliphatic carbocycles. The second-order valence-electron chi connectivity index (χ2n) is 5.09. The smallest absolute Gasteiger partial charge is 0.0693 e. The van der Waals surface area contributed by atoms with Crippen LogP contribution in [0.1, 0.15) is 32.8 Å². The Morgan fingerprint density at radius 3 is 2.24 bits per heavy atom. The molecule has 0 spiro atoms. The Balaban J connectivity index is 2.59.